The summed E-state index contributed by atoms with van der Waals surface area (Å²) in [4.78, 5) is 6.28. The van der Waals surface area contributed by atoms with Gasteiger partial charge in [-0.15, -0.1) is 0 Å². The first-order chi connectivity index (χ1) is 24.2. The van der Waals surface area contributed by atoms with E-state index in [0.717, 1.165) is 12.3 Å². The number of hydrogen-bond donors (Lipinski definition) is 0. The highest BCUT2D eigenvalue weighted by Gasteiger charge is 2.53. The molecule has 5 heterocycles. The maximum atomic E-state index is 15.7. The molecule has 1 aromatic carbocycles. The number of sulfone groups is 1. The van der Waals surface area contributed by atoms with Gasteiger partial charge in [0.15, 0.2) is 29.2 Å². The molecule has 0 spiro atoms. The zero-order chi connectivity index (χ0) is 37.8. The van der Waals surface area contributed by atoms with Crippen molar-refractivity contribution >= 4 is 42.9 Å². The predicted octanol–water partition coefficient (Wildman–Crippen LogP) is 6.47. The predicted molar refractivity (Wildman–Crippen MR) is 201 cm³/mol. The fourth-order valence-corrected chi connectivity index (χ4v) is 9.61. The van der Waals surface area contributed by atoms with E-state index in [1.165, 1.54) is 18.2 Å². The lowest BCUT2D eigenvalue weighted by Crippen LogP contribution is -2.47. The average molecular weight is 782 g/mol. The molecule has 288 valence electrons. The van der Waals surface area contributed by atoms with Crippen LogP contribution in [0.15, 0.2) is 29.2 Å². The molecule has 0 radical (unpaired) electrons. The number of hydrogen-bond acceptors (Lipinski definition) is 10. The Hall–Kier alpha value is -2.45. The van der Waals surface area contributed by atoms with Crippen LogP contribution in [0.5, 0.6) is 5.88 Å². The Morgan fingerprint density at radius 1 is 0.962 bits per heavy atom. The highest BCUT2D eigenvalue weighted by atomic mass is 32.2. The Kier molecular flexibility index (Phi) is 11.1. The molecule has 2 aromatic heterocycles. The van der Waals surface area contributed by atoms with E-state index in [1.54, 1.807) is 10.6 Å². The first-order valence-corrected chi connectivity index (χ1v) is 26.5. The lowest BCUT2D eigenvalue weighted by molar-refractivity contribution is 0.00754. The highest BCUT2D eigenvalue weighted by molar-refractivity contribution is 7.91. The molecule has 0 amide bonds. The molecule has 3 fully saturated rings. The van der Waals surface area contributed by atoms with Crippen molar-refractivity contribution in [3.63, 3.8) is 0 Å². The van der Waals surface area contributed by atoms with E-state index in [4.69, 9.17) is 28.1 Å². The van der Waals surface area contributed by atoms with Gasteiger partial charge in [0.2, 0.25) is 5.88 Å². The first kappa shape index (κ1) is 39.3. The quantitative estimate of drug-likeness (QED) is 0.150. The van der Waals surface area contributed by atoms with Crippen molar-refractivity contribution in [1.29, 1.82) is 0 Å². The molecule has 0 saturated carbocycles. The standard InChI is InChI=1S/C36H53F2N3O8SSi2/c1-36(2,3)52(8,9)49-29-21-47-32-28(20-46-33(29)32)48-35-34(50(4,42)43)31-27(41(35)22-45-16-17-51(5,6)7)11-10-26(39-31)30-24(37)18-23(19-25(30)38)40-12-14-44-15-13-40/h10-11,18-19,28-29,32-33H,12-17,20-22H2,1-9H3/t28-,29?,32-,33-/m1/s1. The van der Waals surface area contributed by atoms with Crippen molar-refractivity contribution in [2.75, 3.05) is 57.3 Å². The normalized spacial score (nSPS) is 23.1. The second-order valence-electron chi connectivity index (χ2n) is 16.8. The number of ether oxygens (including phenoxy) is 5. The molecule has 3 aliphatic heterocycles. The number of fused-ring (bicyclic) bond motifs is 2. The Balaban J connectivity index is 1.38. The van der Waals surface area contributed by atoms with Crippen molar-refractivity contribution in [1.82, 2.24) is 9.55 Å². The lowest BCUT2D eigenvalue weighted by atomic mass is 10.1. The minimum Gasteiger partial charge on any atom is -0.469 e. The average Bonchev–Trinajstić information content (AvgIpc) is 3.71. The number of morpholine rings is 1. The second kappa shape index (κ2) is 14.7. The summed E-state index contributed by atoms with van der Waals surface area (Å²) in [6.07, 6.45) is -0.763. The minimum absolute atomic E-state index is 0.0111. The first-order valence-electron chi connectivity index (χ1n) is 18.0. The lowest BCUT2D eigenvalue weighted by Gasteiger charge is -2.39. The minimum atomic E-state index is -4.01. The Bertz CT molecular complexity index is 1870. The van der Waals surface area contributed by atoms with Crippen molar-refractivity contribution in [3.8, 4) is 17.1 Å². The van der Waals surface area contributed by atoms with Crippen molar-refractivity contribution in [2.45, 2.75) is 101 Å². The molecule has 4 atom stereocenters. The summed E-state index contributed by atoms with van der Waals surface area (Å²) in [6.45, 7) is 20.5. The zero-order valence-corrected chi connectivity index (χ0v) is 34.6. The second-order valence-corrected chi connectivity index (χ2v) is 29.1. The fraction of sp³-hybridized carbons (Fsp3) is 0.639. The summed E-state index contributed by atoms with van der Waals surface area (Å²) >= 11 is 0. The van der Waals surface area contributed by atoms with Crippen LogP contribution in [0.2, 0.25) is 43.8 Å². The van der Waals surface area contributed by atoms with Gasteiger partial charge >= 0.3 is 0 Å². The van der Waals surface area contributed by atoms with Crippen molar-refractivity contribution in [3.05, 3.63) is 35.9 Å². The van der Waals surface area contributed by atoms with E-state index in [0.29, 0.717) is 50.7 Å². The maximum absolute atomic E-state index is 15.7. The molecule has 1 unspecified atom stereocenters. The summed E-state index contributed by atoms with van der Waals surface area (Å²) in [5.74, 6) is -1.59. The smallest absolute Gasteiger partial charge is 0.217 e. The van der Waals surface area contributed by atoms with Crippen LogP contribution in [0.4, 0.5) is 14.5 Å². The van der Waals surface area contributed by atoms with E-state index in [9.17, 15) is 8.42 Å². The van der Waals surface area contributed by atoms with Crippen LogP contribution in [-0.4, -0.2) is 111 Å². The van der Waals surface area contributed by atoms with Gasteiger partial charge in [0.25, 0.3) is 0 Å². The van der Waals surface area contributed by atoms with Crippen LogP contribution in [0.1, 0.15) is 20.8 Å². The van der Waals surface area contributed by atoms with Gasteiger partial charge in [0.1, 0.15) is 36.1 Å². The Morgan fingerprint density at radius 2 is 1.58 bits per heavy atom. The molecule has 3 saturated heterocycles. The van der Waals surface area contributed by atoms with Crippen molar-refractivity contribution < 1.29 is 45.3 Å². The summed E-state index contributed by atoms with van der Waals surface area (Å²) in [6, 6.07) is 6.55. The number of halogens is 2. The van der Waals surface area contributed by atoms with Crippen LogP contribution in [0, 0.1) is 11.6 Å². The third kappa shape index (κ3) is 8.14. The van der Waals surface area contributed by atoms with Gasteiger partial charge in [-0.05, 0) is 48.4 Å². The van der Waals surface area contributed by atoms with Crippen molar-refractivity contribution in [2.24, 2.45) is 0 Å². The van der Waals surface area contributed by atoms with Crippen LogP contribution in [-0.2, 0) is 39.9 Å². The van der Waals surface area contributed by atoms with Crippen LogP contribution in [0.25, 0.3) is 22.3 Å². The number of benzene rings is 1. The van der Waals surface area contributed by atoms with E-state index in [2.05, 4.69) is 58.5 Å². The largest absolute Gasteiger partial charge is 0.469 e. The molecule has 3 aliphatic rings. The highest BCUT2D eigenvalue weighted by Crippen LogP contribution is 2.43. The SMILES string of the molecule is CC(C)(C)[Si](C)(C)OC1CO[C@H]2[C@@H]1OC[C@H]2Oc1c(S(C)(=O)=O)c2nc(-c3c(F)cc(N4CCOCC4)cc3F)ccc2n1COCC[Si](C)(C)C. The van der Waals surface area contributed by atoms with E-state index in [-0.39, 0.29) is 58.1 Å². The monoisotopic (exact) mass is 781 g/mol. The maximum Gasteiger partial charge on any atom is 0.217 e. The van der Waals surface area contributed by atoms with Crippen LogP contribution < -0.4 is 9.64 Å². The Labute approximate surface area is 307 Å². The van der Waals surface area contributed by atoms with Gasteiger partial charge in [-0.25, -0.2) is 22.2 Å². The number of anilines is 1. The van der Waals surface area contributed by atoms with Gasteiger partial charge in [-0.1, -0.05) is 40.4 Å². The zero-order valence-electron chi connectivity index (χ0n) is 31.8. The van der Waals surface area contributed by atoms with E-state index < -0.39 is 50.1 Å². The Morgan fingerprint density at radius 3 is 2.17 bits per heavy atom. The molecular weight excluding hydrogens is 729 g/mol. The molecule has 6 rings (SSSR count). The topological polar surface area (TPSA) is 111 Å². The van der Waals surface area contributed by atoms with Gasteiger partial charge in [0.05, 0.1) is 49.3 Å². The number of nitrogens with zero attached hydrogens (tertiary/aromatic N) is 3. The number of aromatic nitrogens is 2. The summed E-state index contributed by atoms with van der Waals surface area (Å²) in [7, 11) is -7.59. The fourth-order valence-electron chi connectivity index (χ4n) is 6.56. The number of rotatable bonds is 12. The van der Waals surface area contributed by atoms with Crippen LogP contribution >= 0.6 is 0 Å². The molecule has 0 aliphatic carbocycles. The third-order valence-electron chi connectivity index (χ3n) is 10.5. The number of pyridine rings is 1. The van der Waals surface area contributed by atoms with Gasteiger partial charge in [-0.2, -0.15) is 0 Å². The molecular formula is C36H53F2N3O8SSi2. The molecule has 16 heteroatoms. The van der Waals surface area contributed by atoms with E-state index >= 15 is 8.78 Å². The van der Waals surface area contributed by atoms with E-state index in [1.807, 2.05) is 4.90 Å². The summed E-state index contributed by atoms with van der Waals surface area (Å²) < 4.78 is 97.6. The molecule has 3 aromatic rings. The molecule has 52 heavy (non-hydrogen) atoms. The third-order valence-corrected chi connectivity index (χ3v) is 17.9. The van der Waals surface area contributed by atoms with Crippen LogP contribution in [0.3, 0.4) is 0 Å². The van der Waals surface area contributed by atoms with Gasteiger partial charge in [0, 0.05) is 39.7 Å². The molecule has 0 N–H and O–H groups in total. The van der Waals surface area contributed by atoms with Gasteiger partial charge in [-0.3, -0.25) is 4.57 Å². The molecule has 11 nitrogen and oxygen atoms in total. The van der Waals surface area contributed by atoms with Gasteiger partial charge < -0.3 is 33.0 Å². The summed E-state index contributed by atoms with van der Waals surface area (Å²) in [5, 5.41) is -0.0111. The summed E-state index contributed by atoms with van der Waals surface area (Å²) in [5.41, 5.74) is 0.430. The molecule has 0 bridgehead atoms.